The van der Waals surface area contributed by atoms with E-state index >= 15 is 0 Å². The van der Waals surface area contributed by atoms with Gasteiger partial charge >= 0.3 is 0 Å². The molecule has 0 fully saturated rings. The van der Waals surface area contributed by atoms with Crippen LogP contribution in [0.2, 0.25) is 5.02 Å². The molecule has 0 saturated carbocycles. The second-order valence-electron chi connectivity index (χ2n) is 7.40. The Balaban J connectivity index is 1.92. The quantitative estimate of drug-likeness (QED) is 0.358. The van der Waals surface area contributed by atoms with E-state index in [0.29, 0.717) is 22.4 Å². The third-order valence-corrected chi connectivity index (χ3v) is 5.22. The predicted octanol–water partition coefficient (Wildman–Crippen LogP) is 7.19. The monoisotopic (exact) mass is 464 g/mol. The lowest BCUT2D eigenvalue weighted by Crippen LogP contribution is -2.09. The van der Waals surface area contributed by atoms with Crippen LogP contribution in [0.3, 0.4) is 0 Å². The number of hydrogen-bond donors (Lipinski definition) is 1. The molecule has 2 aromatic carbocycles. The Kier molecular flexibility index (Phi) is 8.09. The summed E-state index contributed by atoms with van der Waals surface area (Å²) in [4.78, 5) is 11.7. The highest BCUT2D eigenvalue weighted by atomic mass is 35.5. The third-order valence-electron chi connectivity index (χ3n) is 4.84. The molecule has 1 N–H and O–H groups in total. The summed E-state index contributed by atoms with van der Waals surface area (Å²) < 4.78 is 0. The second kappa shape index (κ2) is 11.0. The van der Waals surface area contributed by atoms with E-state index in [9.17, 15) is 0 Å². The highest BCUT2D eigenvalue weighted by Crippen LogP contribution is 2.29. The maximum absolute atomic E-state index is 6.07. The molecule has 1 aromatic heterocycles. The maximum Gasteiger partial charge on any atom is 0.145 e. The molecule has 1 heterocycles. The van der Waals surface area contributed by atoms with E-state index in [2.05, 4.69) is 41.1 Å². The van der Waals surface area contributed by atoms with Gasteiger partial charge < -0.3 is 10.2 Å². The predicted molar refractivity (Wildman–Crippen MR) is 138 cm³/mol. The summed E-state index contributed by atoms with van der Waals surface area (Å²) in [7, 11) is 4.05. The van der Waals surface area contributed by atoms with Crippen LogP contribution in [0.25, 0.3) is 16.8 Å². The van der Waals surface area contributed by atoms with Crippen molar-refractivity contribution in [1.82, 2.24) is 9.97 Å². The van der Waals surface area contributed by atoms with Crippen LogP contribution >= 0.6 is 23.2 Å². The lowest BCUT2D eigenvalue weighted by molar-refractivity contribution is 1.07. The number of rotatable bonds is 8. The van der Waals surface area contributed by atoms with Gasteiger partial charge in [-0.1, -0.05) is 66.2 Å². The molecule has 0 saturated heterocycles. The van der Waals surface area contributed by atoms with Gasteiger partial charge in [0.25, 0.3) is 0 Å². The number of halogens is 2. The molecule has 3 rings (SSSR count). The van der Waals surface area contributed by atoms with Gasteiger partial charge in [-0.3, -0.25) is 4.98 Å². The molecular weight excluding hydrogens is 439 g/mol. The van der Waals surface area contributed by atoms with Gasteiger partial charge in [0, 0.05) is 41.9 Å². The van der Waals surface area contributed by atoms with Crippen LogP contribution in [0.4, 0.5) is 11.5 Å². The molecule has 0 spiro atoms. The molecule has 4 nitrogen and oxygen atoms in total. The van der Waals surface area contributed by atoms with E-state index in [1.807, 2.05) is 57.4 Å². The van der Waals surface area contributed by atoms with Gasteiger partial charge in [-0.2, -0.15) is 0 Å². The number of nitrogens with one attached hydrogen (secondary N) is 1. The SMILES string of the molecule is C=C(Cl)/C=C\C(=C/C)c1nc(NCc2ccc(N(C)C)cc2)cnc1-c1ccc(Cl)cc1. The highest BCUT2D eigenvalue weighted by Gasteiger charge is 2.13. The summed E-state index contributed by atoms with van der Waals surface area (Å²) in [6, 6.07) is 16.0. The van der Waals surface area contributed by atoms with E-state index in [1.54, 1.807) is 12.3 Å². The van der Waals surface area contributed by atoms with Crippen LogP contribution < -0.4 is 10.2 Å². The fourth-order valence-electron chi connectivity index (χ4n) is 3.09. The molecule has 0 bridgehead atoms. The van der Waals surface area contributed by atoms with Crippen LogP contribution in [0.15, 0.2) is 84.6 Å². The fourth-order valence-corrected chi connectivity index (χ4v) is 3.28. The van der Waals surface area contributed by atoms with Gasteiger partial charge in [0.2, 0.25) is 0 Å². The normalized spacial score (nSPS) is 11.6. The maximum atomic E-state index is 6.07. The van der Waals surface area contributed by atoms with E-state index in [0.717, 1.165) is 33.8 Å². The summed E-state index contributed by atoms with van der Waals surface area (Å²) in [6.45, 7) is 6.32. The largest absolute Gasteiger partial charge is 0.378 e. The average molecular weight is 465 g/mol. The Morgan fingerprint density at radius 2 is 1.75 bits per heavy atom. The van der Waals surface area contributed by atoms with Crippen molar-refractivity contribution >= 4 is 40.3 Å². The zero-order valence-electron chi connectivity index (χ0n) is 18.4. The average Bonchev–Trinajstić information content (AvgIpc) is 2.79. The van der Waals surface area contributed by atoms with Crippen molar-refractivity contribution in [3.05, 3.63) is 101 Å². The Bertz CT molecular complexity index is 1130. The molecular formula is C26H26Cl2N4. The summed E-state index contributed by atoms with van der Waals surface area (Å²) in [5.41, 5.74) is 5.65. The van der Waals surface area contributed by atoms with Crippen LogP contribution in [0.5, 0.6) is 0 Å². The minimum Gasteiger partial charge on any atom is -0.378 e. The third kappa shape index (κ3) is 6.22. The van der Waals surface area contributed by atoms with Crippen LogP contribution in [0, 0.1) is 0 Å². The molecule has 0 unspecified atom stereocenters. The van der Waals surface area contributed by atoms with Crippen molar-refractivity contribution in [1.29, 1.82) is 0 Å². The zero-order valence-corrected chi connectivity index (χ0v) is 20.0. The molecule has 3 aromatic rings. The van der Waals surface area contributed by atoms with Crippen LogP contribution in [0.1, 0.15) is 18.2 Å². The summed E-state index contributed by atoms with van der Waals surface area (Å²) in [5.74, 6) is 0.687. The Morgan fingerprint density at radius 3 is 2.34 bits per heavy atom. The molecule has 0 amide bonds. The fraction of sp³-hybridized carbons (Fsp3) is 0.154. The summed E-state index contributed by atoms with van der Waals surface area (Å²) >= 11 is 12.0. The van der Waals surface area contributed by atoms with Gasteiger partial charge in [0.05, 0.1) is 17.6 Å². The zero-order chi connectivity index (χ0) is 23.1. The first-order valence-corrected chi connectivity index (χ1v) is 10.9. The lowest BCUT2D eigenvalue weighted by Gasteiger charge is -2.14. The Labute approximate surface area is 199 Å². The van der Waals surface area contributed by atoms with Crippen molar-refractivity contribution in [2.24, 2.45) is 0 Å². The molecule has 0 aliphatic carbocycles. The van der Waals surface area contributed by atoms with Crippen molar-refractivity contribution in [3.63, 3.8) is 0 Å². The summed E-state index contributed by atoms with van der Waals surface area (Å²) in [5, 5.41) is 4.50. The van der Waals surface area contributed by atoms with E-state index in [4.69, 9.17) is 33.2 Å². The molecule has 0 radical (unpaired) electrons. The number of aromatic nitrogens is 2. The lowest BCUT2D eigenvalue weighted by atomic mass is 10.0. The van der Waals surface area contributed by atoms with Gasteiger partial charge in [0.1, 0.15) is 5.82 Å². The van der Waals surface area contributed by atoms with Crippen LogP contribution in [-0.2, 0) is 6.54 Å². The van der Waals surface area contributed by atoms with Gasteiger partial charge in [-0.15, -0.1) is 0 Å². The summed E-state index contributed by atoms with van der Waals surface area (Å²) in [6.07, 6.45) is 7.36. The first-order chi connectivity index (χ1) is 15.4. The molecule has 6 heteroatoms. The van der Waals surface area contributed by atoms with Crippen LogP contribution in [-0.4, -0.2) is 24.1 Å². The molecule has 0 aliphatic heterocycles. The smallest absolute Gasteiger partial charge is 0.145 e. The van der Waals surface area contributed by atoms with Gasteiger partial charge in [-0.25, -0.2) is 4.98 Å². The molecule has 32 heavy (non-hydrogen) atoms. The second-order valence-corrected chi connectivity index (χ2v) is 8.32. The number of anilines is 2. The number of allylic oxidation sites excluding steroid dienone is 5. The Morgan fingerprint density at radius 1 is 1.06 bits per heavy atom. The standard InChI is InChI=1S/C26H26Cl2N4/c1-5-20(9-6-18(2)27)26-25(21-10-12-22(28)13-11-21)30-17-24(31-26)29-16-19-7-14-23(15-8-19)32(3)4/h5-15,17H,2,16H2,1,3-4H3,(H,29,31)/b9-6-,20-5+. The molecule has 164 valence electrons. The molecule has 0 atom stereocenters. The topological polar surface area (TPSA) is 41.1 Å². The van der Waals surface area contributed by atoms with Crippen molar-refractivity contribution in [2.75, 3.05) is 24.3 Å². The first kappa shape index (κ1) is 23.6. The van der Waals surface area contributed by atoms with E-state index in [-0.39, 0.29) is 0 Å². The van der Waals surface area contributed by atoms with Gasteiger partial charge in [-0.05, 0) is 48.4 Å². The first-order valence-electron chi connectivity index (χ1n) is 10.2. The van der Waals surface area contributed by atoms with Gasteiger partial charge in [0.15, 0.2) is 0 Å². The number of hydrogen-bond acceptors (Lipinski definition) is 4. The highest BCUT2D eigenvalue weighted by molar-refractivity contribution is 6.31. The molecule has 0 aliphatic rings. The number of nitrogens with zero attached hydrogens (tertiary/aromatic N) is 3. The van der Waals surface area contributed by atoms with Crippen molar-refractivity contribution in [3.8, 4) is 11.3 Å². The van der Waals surface area contributed by atoms with Crippen molar-refractivity contribution < 1.29 is 0 Å². The Hall–Kier alpha value is -3.08. The van der Waals surface area contributed by atoms with Crippen molar-refractivity contribution in [2.45, 2.75) is 13.5 Å². The minimum absolute atomic E-state index is 0.445. The van der Waals surface area contributed by atoms with E-state index in [1.165, 1.54) is 0 Å². The minimum atomic E-state index is 0.445. The number of benzene rings is 2. The van der Waals surface area contributed by atoms with E-state index < -0.39 is 0 Å².